The number of Topliss-reactive ketones (excluding diaryl/α,β-unsaturated/α-hetero) is 1. The number of hydrogen-bond acceptors (Lipinski definition) is 2. The minimum absolute atomic E-state index is 0.145. The molecule has 2 nitrogen and oxygen atoms in total. The van der Waals surface area contributed by atoms with E-state index in [0.717, 1.165) is 6.42 Å². The maximum Gasteiger partial charge on any atom is 0.132 e. The Labute approximate surface area is 113 Å². The molecule has 0 N–H and O–H groups in total. The van der Waals surface area contributed by atoms with Crippen LogP contribution in [-0.2, 0) is 9.53 Å². The van der Waals surface area contributed by atoms with Crippen molar-refractivity contribution in [2.75, 3.05) is 7.11 Å². The summed E-state index contributed by atoms with van der Waals surface area (Å²) in [6.45, 7) is 3.90. The van der Waals surface area contributed by atoms with Gasteiger partial charge in [-0.3, -0.25) is 4.79 Å². The van der Waals surface area contributed by atoms with E-state index in [2.05, 4.69) is 6.92 Å². The minimum atomic E-state index is 0.145. The highest BCUT2D eigenvalue weighted by Gasteiger charge is 2.09. The molecule has 0 radical (unpaired) electrons. The fourth-order valence-electron chi connectivity index (χ4n) is 2.31. The lowest BCUT2D eigenvalue weighted by Gasteiger charge is -2.13. The van der Waals surface area contributed by atoms with Crippen molar-refractivity contribution in [1.82, 2.24) is 0 Å². The van der Waals surface area contributed by atoms with E-state index < -0.39 is 0 Å². The molecule has 108 valence electrons. The van der Waals surface area contributed by atoms with Gasteiger partial charge in [-0.05, 0) is 13.3 Å². The lowest BCUT2D eigenvalue weighted by molar-refractivity contribution is -0.119. The van der Waals surface area contributed by atoms with Gasteiger partial charge in [0.25, 0.3) is 0 Å². The normalized spacial score (nSPS) is 12.6. The predicted molar refractivity (Wildman–Crippen MR) is 77.9 cm³/mol. The molecule has 1 atom stereocenters. The van der Waals surface area contributed by atoms with Crippen molar-refractivity contribution in [3.8, 4) is 0 Å². The lowest BCUT2D eigenvalue weighted by Crippen LogP contribution is -2.14. The van der Waals surface area contributed by atoms with Crippen LogP contribution in [0.25, 0.3) is 0 Å². The van der Waals surface area contributed by atoms with E-state index in [9.17, 15) is 4.79 Å². The van der Waals surface area contributed by atoms with E-state index in [0.29, 0.717) is 6.42 Å². The average molecular weight is 256 g/mol. The zero-order valence-electron chi connectivity index (χ0n) is 12.7. The molecular weight excluding hydrogens is 224 g/mol. The van der Waals surface area contributed by atoms with Gasteiger partial charge in [0.05, 0.1) is 6.10 Å². The average Bonchev–Trinajstić information content (AvgIpc) is 2.35. The van der Waals surface area contributed by atoms with E-state index in [1.54, 1.807) is 14.0 Å². The molecule has 2 heteroatoms. The molecule has 0 aromatic rings. The van der Waals surface area contributed by atoms with Gasteiger partial charge in [-0.1, -0.05) is 64.7 Å². The molecule has 0 amide bonds. The quantitative estimate of drug-likeness (QED) is 0.438. The number of rotatable bonds is 13. The van der Waals surface area contributed by atoms with Crippen molar-refractivity contribution in [2.24, 2.45) is 0 Å². The molecule has 0 saturated heterocycles. The van der Waals surface area contributed by atoms with Crippen LogP contribution in [0.5, 0.6) is 0 Å². The topological polar surface area (TPSA) is 26.3 Å². The van der Waals surface area contributed by atoms with Crippen LogP contribution >= 0.6 is 0 Å². The van der Waals surface area contributed by atoms with Gasteiger partial charge in [-0.2, -0.15) is 0 Å². The predicted octanol–water partition coefficient (Wildman–Crippen LogP) is 4.90. The number of ether oxygens (including phenoxy) is 1. The second kappa shape index (κ2) is 13.1. The van der Waals surface area contributed by atoms with Gasteiger partial charge in [-0.15, -0.1) is 0 Å². The van der Waals surface area contributed by atoms with E-state index in [1.165, 1.54) is 57.8 Å². The Hall–Kier alpha value is -0.370. The molecule has 0 heterocycles. The van der Waals surface area contributed by atoms with Crippen LogP contribution in [0.1, 0.15) is 84.5 Å². The number of methoxy groups -OCH3 is 1. The molecule has 0 saturated carbocycles. The first-order valence-corrected chi connectivity index (χ1v) is 7.73. The Morgan fingerprint density at radius 2 is 1.44 bits per heavy atom. The maximum atomic E-state index is 11.0. The van der Waals surface area contributed by atoms with Gasteiger partial charge in [-0.25, -0.2) is 0 Å². The van der Waals surface area contributed by atoms with Crippen molar-refractivity contribution in [3.05, 3.63) is 0 Å². The summed E-state index contributed by atoms with van der Waals surface area (Å²) in [5.41, 5.74) is 0. The summed E-state index contributed by atoms with van der Waals surface area (Å²) < 4.78 is 5.31. The summed E-state index contributed by atoms with van der Waals surface area (Å²) in [6.07, 6.45) is 13.9. The molecule has 0 bridgehead atoms. The second-order valence-electron chi connectivity index (χ2n) is 5.38. The van der Waals surface area contributed by atoms with E-state index in [4.69, 9.17) is 4.74 Å². The third-order valence-electron chi connectivity index (χ3n) is 3.48. The number of carbonyl (C=O) groups is 1. The van der Waals surface area contributed by atoms with Gasteiger partial charge in [0.15, 0.2) is 0 Å². The van der Waals surface area contributed by atoms with E-state index in [1.807, 2.05) is 0 Å². The van der Waals surface area contributed by atoms with Crippen LogP contribution in [0.15, 0.2) is 0 Å². The smallest absolute Gasteiger partial charge is 0.132 e. The van der Waals surface area contributed by atoms with Crippen LogP contribution in [0.4, 0.5) is 0 Å². The molecule has 0 aliphatic carbocycles. The summed E-state index contributed by atoms with van der Waals surface area (Å²) in [7, 11) is 1.71. The Balaban J connectivity index is 3.25. The van der Waals surface area contributed by atoms with E-state index in [-0.39, 0.29) is 11.9 Å². The molecule has 0 aromatic carbocycles. The molecule has 0 spiro atoms. The Morgan fingerprint density at radius 3 is 1.89 bits per heavy atom. The van der Waals surface area contributed by atoms with Gasteiger partial charge < -0.3 is 4.74 Å². The van der Waals surface area contributed by atoms with Crippen molar-refractivity contribution < 1.29 is 9.53 Å². The first kappa shape index (κ1) is 17.6. The van der Waals surface area contributed by atoms with Crippen molar-refractivity contribution in [1.29, 1.82) is 0 Å². The second-order valence-corrected chi connectivity index (χ2v) is 5.38. The van der Waals surface area contributed by atoms with Crippen LogP contribution < -0.4 is 0 Å². The zero-order valence-corrected chi connectivity index (χ0v) is 12.7. The molecule has 0 aliphatic rings. The highest BCUT2D eigenvalue weighted by atomic mass is 16.5. The largest absolute Gasteiger partial charge is 0.381 e. The van der Waals surface area contributed by atoms with Gasteiger partial charge in [0.2, 0.25) is 0 Å². The molecular formula is C16H32O2. The summed E-state index contributed by atoms with van der Waals surface area (Å²) in [5, 5.41) is 0. The number of ketones is 1. The molecule has 0 aliphatic heterocycles. The van der Waals surface area contributed by atoms with Gasteiger partial charge in [0.1, 0.15) is 5.78 Å². The monoisotopic (exact) mass is 256 g/mol. The molecule has 1 unspecified atom stereocenters. The summed E-state index contributed by atoms with van der Waals surface area (Å²) in [6, 6.07) is 0. The van der Waals surface area contributed by atoms with Crippen LogP contribution in [0.2, 0.25) is 0 Å². The molecule has 18 heavy (non-hydrogen) atoms. The Bertz CT molecular complexity index is 190. The van der Waals surface area contributed by atoms with Crippen molar-refractivity contribution >= 4 is 5.78 Å². The van der Waals surface area contributed by atoms with Crippen LogP contribution in [-0.4, -0.2) is 19.0 Å². The minimum Gasteiger partial charge on any atom is -0.381 e. The van der Waals surface area contributed by atoms with Crippen molar-refractivity contribution in [2.45, 2.75) is 90.6 Å². The maximum absolute atomic E-state index is 11.0. The standard InChI is InChI=1S/C16H32O2/c1-4-5-6-7-8-9-10-11-12-13-16(18-3)14-15(2)17/h16H,4-14H2,1-3H3. The van der Waals surface area contributed by atoms with Crippen LogP contribution in [0.3, 0.4) is 0 Å². The zero-order chi connectivity index (χ0) is 13.6. The summed E-state index contributed by atoms with van der Waals surface area (Å²) in [4.78, 5) is 11.0. The fraction of sp³-hybridized carbons (Fsp3) is 0.938. The number of hydrogen-bond donors (Lipinski definition) is 0. The van der Waals surface area contributed by atoms with Gasteiger partial charge >= 0.3 is 0 Å². The molecule has 0 rings (SSSR count). The van der Waals surface area contributed by atoms with Crippen LogP contribution in [0, 0.1) is 0 Å². The van der Waals surface area contributed by atoms with Gasteiger partial charge in [0, 0.05) is 13.5 Å². The fourth-order valence-corrected chi connectivity index (χ4v) is 2.31. The highest BCUT2D eigenvalue weighted by Crippen LogP contribution is 2.13. The summed E-state index contributed by atoms with van der Waals surface area (Å²) in [5.74, 6) is 0.234. The van der Waals surface area contributed by atoms with E-state index >= 15 is 0 Å². The summed E-state index contributed by atoms with van der Waals surface area (Å²) >= 11 is 0. The first-order chi connectivity index (χ1) is 8.70. The third kappa shape index (κ3) is 12.1. The van der Waals surface area contributed by atoms with Crippen molar-refractivity contribution in [3.63, 3.8) is 0 Å². The Morgan fingerprint density at radius 1 is 0.944 bits per heavy atom. The molecule has 0 aromatic heterocycles. The lowest BCUT2D eigenvalue weighted by atomic mass is 10.0. The highest BCUT2D eigenvalue weighted by molar-refractivity contribution is 5.75. The SMILES string of the molecule is CCCCCCCCCCCC(CC(C)=O)OC. The Kier molecular flexibility index (Phi) is 12.8. The first-order valence-electron chi connectivity index (χ1n) is 7.73. The number of unbranched alkanes of at least 4 members (excludes halogenated alkanes) is 8. The number of carbonyl (C=O) groups excluding carboxylic acids is 1. The molecule has 0 fully saturated rings. The third-order valence-corrected chi connectivity index (χ3v) is 3.48.